The lowest BCUT2D eigenvalue weighted by Crippen LogP contribution is -2.09. The molecule has 0 saturated heterocycles. The van der Waals surface area contributed by atoms with Crippen LogP contribution in [0.3, 0.4) is 0 Å². The van der Waals surface area contributed by atoms with Crippen LogP contribution >= 0.6 is 23.2 Å². The highest BCUT2D eigenvalue weighted by molar-refractivity contribution is 6.36. The van der Waals surface area contributed by atoms with Gasteiger partial charge in [-0.3, -0.25) is 0 Å². The van der Waals surface area contributed by atoms with E-state index in [1.165, 1.54) is 0 Å². The van der Waals surface area contributed by atoms with Crippen LogP contribution in [0.15, 0.2) is 48.7 Å². The van der Waals surface area contributed by atoms with Crippen LogP contribution in [-0.4, -0.2) is 38.3 Å². The molecule has 0 aliphatic rings. The van der Waals surface area contributed by atoms with Gasteiger partial charge >= 0.3 is 11.9 Å². The molecule has 3 rings (SSSR count). The molecule has 8 nitrogen and oxygen atoms in total. The van der Waals surface area contributed by atoms with Crippen LogP contribution in [0.4, 0.5) is 5.95 Å². The van der Waals surface area contributed by atoms with Crippen molar-refractivity contribution in [3.63, 3.8) is 0 Å². The predicted octanol–water partition coefficient (Wildman–Crippen LogP) is 4.56. The Morgan fingerprint density at radius 2 is 1.65 bits per heavy atom. The fraction of sp³-hybridized carbons (Fsp3) is 0.190. The van der Waals surface area contributed by atoms with Gasteiger partial charge in [-0.25, -0.2) is 14.6 Å². The van der Waals surface area contributed by atoms with Crippen molar-refractivity contribution in [1.82, 2.24) is 9.55 Å². The topological polar surface area (TPSA) is 114 Å². The number of aliphatic carboxylic acids is 2. The molecule has 1 heterocycles. The number of rotatable bonds is 6. The van der Waals surface area contributed by atoms with E-state index in [0.717, 1.165) is 28.5 Å². The Hall–Kier alpha value is -3.23. The molecule has 10 heteroatoms. The predicted molar refractivity (Wildman–Crippen MR) is 119 cm³/mol. The summed E-state index contributed by atoms with van der Waals surface area (Å²) in [7, 11) is 1.97. The number of carbonyl (C=O) groups is 2. The van der Waals surface area contributed by atoms with E-state index >= 15 is 0 Å². The van der Waals surface area contributed by atoms with Crippen LogP contribution < -0.4 is 10.1 Å². The number of halogens is 2. The number of aromatic nitrogens is 2. The monoisotopic (exact) mass is 465 g/mol. The van der Waals surface area contributed by atoms with E-state index in [2.05, 4.69) is 10.3 Å². The molecule has 164 valence electrons. The Kier molecular flexibility index (Phi) is 8.72. The maximum absolute atomic E-state index is 9.10. The molecule has 0 amide bonds. The van der Waals surface area contributed by atoms with Gasteiger partial charge in [0.25, 0.3) is 0 Å². The molecule has 1 aromatic heterocycles. The molecule has 0 fully saturated rings. The van der Waals surface area contributed by atoms with Gasteiger partial charge in [-0.15, -0.1) is 0 Å². The van der Waals surface area contributed by atoms with Gasteiger partial charge in [-0.05, 0) is 43.3 Å². The minimum absolute atomic E-state index is 0.506. The maximum Gasteiger partial charge on any atom is 0.414 e. The third-order valence-electron chi connectivity index (χ3n) is 4.12. The number of hydrogen-bond acceptors (Lipinski definition) is 5. The minimum atomic E-state index is -1.82. The van der Waals surface area contributed by atoms with Crippen molar-refractivity contribution in [1.29, 1.82) is 0 Å². The zero-order valence-corrected chi connectivity index (χ0v) is 18.3. The van der Waals surface area contributed by atoms with E-state index in [4.69, 9.17) is 47.7 Å². The summed E-state index contributed by atoms with van der Waals surface area (Å²) in [6, 6.07) is 13.5. The average Bonchev–Trinajstić information content (AvgIpc) is 3.09. The van der Waals surface area contributed by atoms with Crippen molar-refractivity contribution in [2.24, 2.45) is 7.05 Å². The highest BCUT2D eigenvalue weighted by Gasteiger charge is 2.11. The zero-order valence-electron chi connectivity index (χ0n) is 16.8. The summed E-state index contributed by atoms with van der Waals surface area (Å²) in [6.45, 7) is 3.13. The first-order chi connectivity index (χ1) is 14.7. The first-order valence-corrected chi connectivity index (χ1v) is 9.88. The summed E-state index contributed by atoms with van der Waals surface area (Å²) < 4.78 is 7.48. The lowest BCUT2D eigenvalue weighted by atomic mass is 10.1. The highest BCUT2D eigenvalue weighted by Crippen LogP contribution is 2.27. The number of carboxylic acid groups (broad SMARTS) is 2. The summed E-state index contributed by atoms with van der Waals surface area (Å²) in [4.78, 5) is 22.7. The van der Waals surface area contributed by atoms with Gasteiger partial charge in [0.15, 0.2) is 0 Å². The lowest BCUT2D eigenvalue weighted by Gasteiger charge is -2.11. The van der Waals surface area contributed by atoms with E-state index < -0.39 is 11.9 Å². The van der Waals surface area contributed by atoms with E-state index in [0.29, 0.717) is 23.2 Å². The van der Waals surface area contributed by atoms with Crippen molar-refractivity contribution in [3.8, 4) is 17.0 Å². The molecule has 2 aromatic carbocycles. The van der Waals surface area contributed by atoms with Crippen molar-refractivity contribution >= 4 is 41.1 Å². The van der Waals surface area contributed by atoms with Crippen LogP contribution in [-0.2, 0) is 23.2 Å². The normalized spacial score (nSPS) is 10.1. The second-order valence-corrected chi connectivity index (χ2v) is 6.96. The van der Waals surface area contributed by atoms with Gasteiger partial charge < -0.3 is 24.8 Å². The summed E-state index contributed by atoms with van der Waals surface area (Å²) in [6.07, 6.45) is 1.84. The van der Waals surface area contributed by atoms with E-state index in [1.807, 2.05) is 67.2 Å². The van der Waals surface area contributed by atoms with Crippen LogP contribution in [0.2, 0.25) is 10.0 Å². The van der Waals surface area contributed by atoms with Gasteiger partial charge in [0.1, 0.15) is 5.75 Å². The summed E-state index contributed by atoms with van der Waals surface area (Å²) >= 11 is 12.4. The van der Waals surface area contributed by atoms with Gasteiger partial charge in [-0.2, -0.15) is 0 Å². The first-order valence-electron chi connectivity index (χ1n) is 9.12. The number of nitrogens with zero attached hydrogens (tertiary/aromatic N) is 2. The van der Waals surface area contributed by atoms with Gasteiger partial charge in [0.2, 0.25) is 5.95 Å². The Bertz CT molecular complexity index is 1020. The van der Waals surface area contributed by atoms with Crippen molar-refractivity contribution in [3.05, 3.63) is 64.3 Å². The first kappa shape index (κ1) is 24.0. The fourth-order valence-electron chi connectivity index (χ4n) is 2.60. The highest BCUT2D eigenvalue weighted by atomic mass is 35.5. The van der Waals surface area contributed by atoms with Crippen LogP contribution in [0.5, 0.6) is 5.75 Å². The van der Waals surface area contributed by atoms with Gasteiger partial charge in [-0.1, -0.05) is 29.3 Å². The van der Waals surface area contributed by atoms with Crippen molar-refractivity contribution < 1.29 is 24.5 Å². The maximum atomic E-state index is 9.10. The van der Waals surface area contributed by atoms with E-state index in [9.17, 15) is 0 Å². The van der Waals surface area contributed by atoms with E-state index in [-0.39, 0.29) is 0 Å². The van der Waals surface area contributed by atoms with Crippen LogP contribution in [0, 0.1) is 0 Å². The number of carboxylic acids is 2. The van der Waals surface area contributed by atoms with Crippen molar-refractivity contribution in [2.45, 2.75) is 13.5 Å². The summed E-state index contributed by atoms with van der Waals surface area (Å²) in [5.74, 6) is -2.04. The fourth-order valence-corrected chi connectivity index (χ4v) is 3.13. The number of hydrogen-bond donors (Lipinski definition) is 3. The van der Waals surface area contributed by atoms with E-state index in [1.54, 1.807) is 0 Å². The zero-order chi connectivity index (χ0) is 23.0. The largest absolute Gasteiger partial charge is 0.494 e. The molecule has 0 radical (unpaired) electrons. The van der Waals surface area contributed by atoms with Gasteiger partial charge in [0.05, 0.1) is 18.5 Å². The second kappa shape index (κ2) is 11.2. The number of imidazole rings is 1. The molecular weight excluding hydrogens is 445 g/mol. The standard InChI is InChI=1S/C19H19Cl2N3O.C2H2O4/c1-3-25-14-9-7-13(8-10-14)18-12-23-19(24(18)2)22-11-15-16(20)5-4-6-17(15)21;3-1(4)2(5)6/h4-10,12H,3,11H2,1-2H3,(H,22,23);(H,3,4)(H,5,6). The number of benzene rings is 2. The molecule has 0 atom stereocenters. The van der Waals surface area contributed by atoms with Crippen LogP contribution in [0.1, 0.15) is 12.5 Å². The minimum Gasteiger partial charge on any atom is -0.494 e. The summed E-state index contributed by atoms with van der Waals surface area (Å²) in [5.41, 5.74) is 2.94. The molecule has 0 aliphatic carbocycles. The Morgan fingerprint density at radius 1 is 1.06 bits per heavy atom. The third-order valence-corrected chi connectivity index (χ3v) is 4.83. The molecule has 0 aliphatic heterocycles. The lowest BCUT2D eigenvalue weighted by molar-refractivity contribution is -0.159. The molecular formula is C21H21Cl2N3O5. The Labute approximate surface area is 189 Å². The molecule has 31 heavy (non-hydrogen) atoms. The number of anilines is 1. The molecule has 3 N–H and O–H groups in total. The third kappa shape index (κ3) is 6.63. The average molecular weight is 466 g/mol. The smallest absolute Gasteiger partial charge is 0.414 e. The Morgan fingerprint density at radius 3 is 2.16 bits per heavy atom. The second-order valence-electron chi connectivity index (χ2n) is 6.15. The molecule has 0 bridgehead atoms. The SMILES string of the molecule is CCOc1ccc(-c2cnc(NCc3c(Cl)cccc3Cl)n2C)cc1.O=C(O)C(=O)O. The number of ether oxygens (including phenoxy) is 1. The van der Waals surface area contributed by atoms with Crippen molar-refractivity contribution in [2.75, 3.05) is 11.9 Å². The summed E-state index contributed by atoms with van der Waals surface area (Å²) in [5, 5.41) is 19.4. The Balaban J connectivity index is 0.000000501. The quantitative estimate of drug-likeness (QED) is 0.457. The molecule has 0 unspecified atom stereocenters. The van der Waals surface area contributed by atoms with Gasteiger partial charge in [0, 0.05) is 34.8 Å². The van der Waals surface area contributed by atoms with Crippen LogP contribution in [0.25, 0.3) is 11.3 Å². The molecule has 0 saturated carbocycles. The number of nitrogens with one attached hydrogen (secondary N) is 1. The molecule has 0 spiro atoms. The molecule has 3 aromatic rings.